The summed E-state index contributed by atoms with van der Waals surface area (Å²) in [6.07, 6.45) is 2.92. The molecule has 1 aliphatic heterocycles. The van der Waals surface area contributed by atoms with Gasteiger partial charge in [0, 0.05) is 25.4 Å². The lowest BCUT2D eigenvalue weighted by Gasteiger charge is -2.31. The Bertz CT molecular complexity index is 967. The van der Waals surface area contributed by atoms with E-state index in [9.17, 15) is 13.2 Å². The molecule has 1 fully saturated rings. The molecule has 1 aromatic carbocycles. The average molecular weight is 404 g/mol. The van der Waals surface area contributed by atoms with Crippen LogP contribution in [-0.2, 0) is 10.0 Å². The maximum Gasteiger partial charge on any atom is 0.267 e. The molecule has 2 aromatic rings. The van der Waals surface area contributed by atoms with Crippen LogP contribution in [0.3, 0.4) is 0 Å². The van der Waals surface area contributed by atoms with Gasteiger partial charge in [0.2, 0.25) is 10.0 Å². The minimum absolute atomic E-state index is 0.159. The predicted octanol–water partition coefficient (Wildman–Crippen LogP) is 2.28. The number of primary amides is 1. The maximum absolute atomic E-state index is 12.9. The Balaban J connectivity index is 1.57. The number of aromatic nitrogens is 1. The Morgan fingerprint density at radius 3 is 2.54 bits per heavy atom. The fourth-order valence-corrected chi connectivity index (χ4v) is 4.74. The molecule has 0 spiro atoms. The number of sulfonamides is 1. The zero-order valence-electron chi connectivity index (χ0n) is 16.1. The summed E-state index contributed by atoms with van der Waals surface area (Å²) in [5.74, 6) is 0.181. The average Bonchev–Trinajstić information content (AvgIpc) is 2.69. The van der Waals surface area contributed by atoms with Crippen molar-refractivity contribution in [3.8, 4) is 5.75 Å². The molecule has 0 saturated carbocycles. The van der Waals surface area contributed by atoms with Crippen LogP contribution in [0.2, 0.25) is 0 Å². The van der Waals surface area contributed by atoms with Gasteiger partial charge in [-0.05, 0) is 61.9 Å². The van der Waals surface area contributed by atoms with E-state index in [1.807, 2.05) is 19.9 Å². The van der Waals surface area contributed by atoms with Crippen LogP contribution in [0.25, 0.3) is 0 Å². The second-order valence-corrected chi connectivity index (χ2v) is 9.08. The lowest BCUT2D eigenvalue weighted by Crippen LogP contribution is -2.39. The first-order valence-electron chi connectivity index (χ1n) is 9.23. The highest BCUT2D eigenvalue weighted by molar-refractivity contribution is 7.89. The Morgan fingerprint density at radius 2 is 1.89 bits per heavy atom. The van der Waals surface area contributed by atoms with E-state index >= 15 is 0 Å². The molecular formula is C20H25N3O4S. The second kappa shape index (κ2) is 8.28. The summed E-state index contributed by atoms with van der Waals surface area (Å²) in [7, 11) is -3.47. The number of carbonyl (C=O) groups excluding carboxylic acids is 1. The van der Waals surface area contributed by atoms with E-state index in [1.165, 1.54) is 12.3 Å². The van der Waals surface area contributed by atoms with Gasteiger partial charge in [0.15, 0.2) is 0 Å². The largest absolute Gasteiger partial charge is 0.493 e. The summed E-state index contributed by atoms with van der Waals surface area (Å²) < 4.78 is 33.1. The first-order valence-corrected chi connectivity index (χ1v) is 10.7. The Hall–Kier alpha value is -2.45. The van der Waals surface area contributed by atoms with Crippen LogP contribution in [-0.4, -0.2) is 43.3 Å². The Kier molecular flexibility index (Phi) is 6.00. The monoisotopic (exact) mass is 403 g/mol. The number of piperidine rings is 1. The molecule has 8 heteroatoms. The second-order valence-electron chi connectivity index (χ2n) is 7.15. The molecular weight excluding hydrogens is 378 g/mol. The maximum atomic E-state index is 12.9. The van der Waals surface area contributed by atoms with Crippen molar-refractivity contribution in [2.45, 2.75) is 31.6 Å². The number of hydrogen-bond acceptors (Lipinski definition) is 5. The number of amides is 1. The van der Waals surface area contributed by atoms with Crippen LogP contribution in [0.1, 0.15) is 34.5 Å². The summed E-state index contributed by atoms with van der Waals surface area (Å²) in [5, 5.41) is 0. The van der Waals surface area contributed by atoms with Gasteiger partial charge < -0.3 is 10.5 Å². The summed E-state index contributed by atoms with van der Waals surface area (Å²) in [6.45, 7) is 5.27. The van der Waals surface area contributed by atoms with Crippen molar-refractivity contribution in [1.82, 2.24) is 9.29 Å². The first kappa shape index (κ1) is 20.3. The highest BCUT2D eigenvalue weighted by Crippen LogP contribution is 2.25. The molecule has 0 unspecified atom stereocenters. The van der Waals surface area contributed by atoms with E-state index < -0.39 is 15.9 Å². The van der Waals surface area contributed by atoms with E-state index in [-0.39, 0.29) is 11.6 Å². The highest BCUT2D eigenvalue weighted by atomic mass is 32.2. The molecule has 1 saturated heterocycles. The van der Waals surface area contributed by atoms with Gasteiger partial charge in [-0.3, -0.25) is 9.78 Å². The van der Waals surface area contributed by atoms with Gasteiger partial charge in [-0.25, -0.2) is 8.42 Å². The number of benzene rings is 1. The van der Waals surface area contributed by atoms with Crippen molar-refractivity contribution in [3.05, 3.63) is 53.3 Å². The molecule has 0 aliphatic carbocycles. The fourth-order valence-electron chi connectivity index (χ4n) is 3.19. The zero-order chi connectivity index (χ0) is 20.3. The number of carbonyl (C=O) groups is 1. The van der Waals surface area contributed by atoms with Gasteiger partial charge in [-0.2, -0.15) is 4.31 Å². The van der Waals surface area contributed by atoms with E-state index in [0.29, 0.717) is 30.3 Å². The third-order valence-corrected chi connectivity index (χ3v) is 7.05. The van der Waals surface area contributed by atoms with Crippen molar-refractivity contribution < 1.29 is 17.9 Å². The van der Waals surface area contributed by atoms with Crippen molar-refractivity contribution in [1.29, 1.82) is 0 Å². The SMILES string of the molecule is Cc1ccc(S(=O)(=O)N2CCC(COc3ccnc(C(N)=O)c3)CC2)cc1C. The molecule has 1 amide bonds. The van der Waals surface area contributed by atoms with Crippen molar-refractivity contribution in [2.24, 2.45) is 11.7 Å². The van der Waals surface area contributed by atoms with Crippen molar-refractivity contribution in [2.75, 3.05) is 19.7 Å². The lowest BCUT2D eigenvalue weighted by molar-refractivity contribution is 0.0995. The molecule has 0 radical (unpaired) electrons. The minimum Gasteiger partial charge on any atom is -0.493 e. The standard InChI is InChI=1S/C20H25N3O4S/c1-14-3-4-18(11-15(14)2)28(25,26)23-9-6-16(7-10-23)13-27-17-5-8-22-19(12-17)20(21)24/h3-5,8,11-12,16H,6-7,9-10,13H2,1-2H3,(H2,21,24). The van der Waals surface area contributed by atoms with Crippen LogP contribution < -0.4 is 10.5 Å². The van der Waals surface area contributed by atoms with E-state index in [1.54, 1.807) is 22.5 Å². The molecule has 150 valence electrons. The molecule has 1 aromatic heterocycles. The van der Waals surface area contributed by atoms with E-state index in [4.69, 9.17) is 10.5 Å². The Morgan fingerprint density at radius 1 is 1.18 bits per heavy atom. The minimum atomic E-state index is -3.47. The number of ether oxygens (including phenoxy) is 1. The summed E-state index contributed by atoms with van der Waals surface area (Å²) in [6, 6.07) is 8.44. The number of aryl methyl sites for hydroxylation is 2. The van der Waals surface area contributed by atoms with Gasteiger partial charge in [0.1, 0.15) is 11.4 Å². The molecule has 0 atom stereocenters. The predicted molar refractivity (Wildman–Crippen MR) is 106 cm³/mol. The van der Waals surface area contributed by atoms with Gasteiger partial charge in [-0.1, -0.05) is 6.07 Å². The van der Waals surface area contributed by atoms with Crippen LogP contribution in [0.15, 0.2) is 41.4 Å². The van der Waals surface area contributed by atoms with Crippen LogP contribution in [0.4, 0.5) is 0 Å². The normalized spacial score (nSPS) is 16.1. The molecule has 3 rings (SSSR count). The van der Waals surface area contributed by atoms with Gasteiger partial charge in [0.25, 0.3) is 5.91 Å². The smallest absolute Gasteiger partial charge is 0.267 e. The van der Waals surface area contributed by atoms with Gasteiger partial charge >= 0.3 is 0 Å². The summed E-state index contributed by atoms with van der Waals surface area (Å²) in [4.78, 5) is 15.4. The summed E-state index contributed by atoms with van der Waals surface area (Å²) >= 11 is 0. The molecule has 2 heterocycles. The van der Waals surface area contributed by atoms with E-state index in [2.05, 4.69) is 4.98 Å². The quantitative estimate of drug-likeness (QED) is 0.797. The number of hydrogen-bond donors (Lipinski definition) is 1. The Labute approximate surface area is 165 Å². The fraction of sp³-hybridized carbons (Fsp3) is 0.400. The molecule has 28 heavy (non-hydrogen) atoms. The number of nitrogens with two attached hydrogens (primary N) is 1. The van der Waals surface area contributed by atoms with E-state index in [0.717, 1.165) is 24.0 Å². The highest BCUT2D eigenvalue weighted by Gasteiger charge is 2.29. The molecule has 1 aliphatic rings. The van der Waals surface area contributed by atoms with Gasteiger partial charge in [-0.15, -0.1) is 0 Å². The third kappa shape index (κ3) is 4.51. The molecule has 7 nitrogen and oxygen atoms in total. The number of nitrogens with zero attached hydrogens (tertiary/aromatic N) is 2. The summed E-state index contributed by atoms with van der Waals surface area (Å²) in [5.41, 5.74) is 7.43. The topological polar surface area (TPSA) is 103 Å². The molecule has 2 N–H and O–H groups in total. The number of pyridine rings is 1. The molecule has 0 bridgehead atoms. The third-order valence-electron chi connectivity index (χ3n) is 5.16. The van der Waals surface area contributed by atoms with Crippen LogP contribution >= 0.6 is 0 Å². The lowest BCUT2D eigenvalue weighted by atomic mass is 9.99. The van der Waals surface area contributed by atoms with Crippen molar-refractivity contribution in [3.63, 3.8) is 0 Å². The van der Waals surface area contributed by atoms with Crippen molar-refractivity contribution >= 4 is 15.9 Å². The van der Waals surface area contributed by atoms with Gasteiger partial charge in [0.05, 0.1) is 11.5 Å². The van der Waals surface area contributed by atoms with Crippen LogP contribution in [0, 0.1) is 19.8 Å². The zero-order valence-corrected chi connectivity index (χ0v) is 16.9. The first-order chi connectivity index (χ1) is 13.3. The van der Waals surface area contributed by atoms with Crippen LogP contribution in [0.5, 0.6) is 5.75 Å². The number of rotatable bonds is 6.